The van der Waals surface area contributed by atoms with E-state index in [2.05, 4.69) is 0 Å². The normalized spacial score (nSPS) is 13.4. The third-order valence-corrected chi connectivity index (χ3v) is 4.09. The summed E-state index contributed by atoms with van der Waals surface area (Å²) in [7, 11) is 0. The van der Waals surface area contributed by atoms with Crippen molar-refractivity contribution in [2.45, 2.75) is 13.5 Å². The third kappa shape index (κ3) is 2.10. The maximum Gasteiger partial charge on any atom is 0.337 e. The summed E-state index contributed by atoms with van der Waals surface area (Å²) in [6.07, 6.45) is 0. The van der Waals surface area contributed by atoms with E-state index in [1.165, 1.54) is 11.0 Å². The largest absolute Gasteiger partial charge is 0.478 e. The minimum Gasteiger partial charge on any atom is -0.478 e. The smallest absolute Gasteiger partial charge is 0.337 e. The molecule has 22 heavy (non-hydrogen) atoms. The first-order valence-corrected chi connectivity index (χ1v) is 7.00. The lowest BCUT2D eigenvalue weighted by Gasteiger charge is -2.19. The maximum atomic E-state index is 12.7. The summed E-state index contributed by atoms with van der Waals surface area (Å²) < 4.78 is 0. The number of carbonyl (C=O) groups excluding carboxylic acids is 1. The Morgan fingerprint density at radius 3 is 2.68 bits per heavy atom. The average Bonchev–Trinajstić information content (AvgIpc) is 2.81. The van der Waals surface area contributed by atoms with Crippen LogP contribution in [0.4, 0.5) is 11.4 Å². The number of rotatable bonds is 2. The Morgan fingerprint density at radius 2 is 2.05 bits per heavy atom. The molecule has 0 fully saturated rings. The minimum atomic E-state index is -1.09. The topological polar surface area (TPSA) is 83.6 Å². The van der Waals surface area contributed by atoms with Crippen LogP contribution < -0.4 is 10.6 Å². The first-order chi connectivity index (χ1) is 10.4. The van der Waals surface area contributed by atoms with Crippen molar-refractivity contribution < 1.29 is 14.7 Å². The molecular formula is C16H13ClN2O3. The molecule has 3 N–H and O–H groups in total. The van der Waals surface area contributed by atoms with Gasteiger partial charge in [-0.1, -0.05) is 17.7 Å². The number of hydrogen-bond donors (Lipinski definition) is 2. The van der Waals surface area contributed by atoms with Crippen LogP contribution in [0.25, 0.3) is 0 Å². The number of halogens is 1. The molecule has 0 saturated heterocycles. The number of carbonyl (C=O) groups is 2. The fourth-order valence-electron chi connectivity index (χ4n) is 2.65. The van der Waals surface area contributed by atoms with E-state index in [0.29, 0.717) is 27.5 Å². The number of fused-ring (bicyclic) bond motifs is 1. The summed E-state index contributed by atoms with van der Waals surface area (Å²) in [6, 6.07) is 8.09. The van der Waals surface area contributed by atoms with Gasteiger partial charge in [0.1, 0.15) is 0 Å². The molecule has 0 atom stereocenters. The van der Waals surface area contributed by atoms with Crippen LogP contribution in [0.15, 0.2) is 30.3 Å². The number of benzene rings is 2. The van der Waals surface area contributed by atoms with Crippen molar-refractivity contribution in [2.24, 2.45) is 0 Å². The average molecular weight is 317 g/mol. The van der Waals surface area contributed by atoms with Crippen LogP contribution in [0.3, 0.4) is 0 Å². The van der Waals surface area contributed by atoms with Crippen molar-refractivity contribution in [2.75, 3.05) is 10.6 Å². The summed E-state index contributed by atoms with van der Waals surface area (Å²) in [5.41, 5.74) is 8.49. The molecule has 1 aliphatic heterocycles. The Balaban J connectivity index is 2.16. The van der Waals surface area contributed by atoms with Gasteiger partial charge in [-0.15, -0.1) is 0 Å². The second kappa shape index (κ2) is 5.03. The van der Waals surface area contributed by atoms with Crippen LogP contribution in [0, 0.1) is 6.92 Å². The number of nitrogens with zero attached hydrogens (tertiary/aromatic N) is 1. The zero-order valence-corrected chi connectivity index (χ0v) is 12.5. The zero-order chi connectivity index (χ0) is 16.0. The summed E-state index contributed by atoms with van der Waals surface area (Å²) in [6.45, 7) is 2.05. The van der Waals surface area contributed by atoms with Crippen LogP contribution >= 0.6 is 11.6 Å². The van der Waals surface area contributed by atoms with Gasteiger partial charge in [0.05, 0.1) is 23.4 Å². The van der Waals surface area contributed by atoms with E-state index in [-0.39, 0.29) is 18.0 Å². The number of carboxylic acids is 1. The van der Waals surface area contributed by atoms with Gasteiger partial charge in [-0.3, -0.25) is 4.79 Å². The first-order valence-electron chi connectivity index (χ1n) is 6.63. The summed E-state index contributed by atoms with van der Waals surface area (Å²) >= 11 is 6.14. The predicted molar refractivity (Wildman–Crippen MR) is 84.5 cm³/mol. The van der Waals surface area contributed by atoms with Gasteiger partial charge in [0.25, 0.3) is 5.91 Å². The van der Waals surface area contributed by atoms with Crippen molar-refractivity contribution in [3.05, 3.63) is 57.6 Å². The Bertz CT molecular complexity index is 817. The molecule has 1 amide bonds. The van der Waals surface area contributed by atoms with Crippen LogP contribution in [0.2, 0.25) is 5.02 Å². The van der Waals surface area contributed by atoms with E-state index in [4.69, 9.17) is 17.3 Å². The summed E-state index contributed by atoms with van der Waals surface area (Å²) in [4.78, 5) is 25.5. The van der Waals surface area contributed by atoms with Gasteiger partial charge < -0.3 is 15.7 Å². The van der Waals surface area contributed by atoms with Crippen molar-refractivity contribution in [3.63, 3.8) is 0 Å². The number of aromatic carboxylic acids is 1. The highest BCUT2D eigenvalue weighted by atomic mass is 35.5. The second-order valence-corrected chi connectivity index (χ2v) is 5.61. The van der Waals surface area contributed by atoms with Gasteiger partial charge in [0, 0.05) is 16.3 Å². The highest BCUT2D eigenvalue weighted by Crippen LogP contribution is 2.37. The number of hydrogen-bond acceptors (Lipinski definition) is 3. The van der Waals surface area contributed by atoms with E-state index in [1.54, 1.807) is 24.3 Å². The van der Waals surface area contributed by atoms with Gasteiger partial charge in [-0.2, -0.15) is 0 Å². The lowest BCUT2D eigenvalue weighted by Crippen LogP contribution is -2.25. The molecule has 1 heterocycles. The van der Waals surface area contributed by atoms with Gasteiger partial charge in [-0.05, 0) is 36.8 Å². The third-order valence-electron chi connectivity index (χ3n) is 3.74. The van der Waals surface area contributed by atoms with E-state index in [1.807, 2.05) is 6.92 Å². The number of aryl methyl sites for hydroxylation is 1. The molecule has 3 rings (SSSR count). The van der Waals surface area contributed by atoms with Gasteiger partial charge in [-0.25, -0.2) is 4.79 Å². The maximum absolute atomic E-state index is 12.7. The van der Waals surface area contributed by atoms with Gasteiger partial charge >= 0.3 is 5.97 Å². The standard InChI is InChI=1S/C16H13ClN2O3/c1-8-2-3-9(16(21)22)13(6-8)19-7-10-11(17)4-5-12(18)14(10)15(19)20/h2-6H,7,18H2,1H3,(H,21,22). The molecule has 0 aromatic heterocycles. The van der Waals surface area contributed by atoms with E-state index in [9.17, 15) is 14.7 Å². The molecule has 0 radical (unpaired) electrons. The summed E-state index contributed by atoms with van der Waals surface area (Å²) in [5, 5.41) is 9.79. The molecule has 0 aliphatic carbocycles. The molecule has 2 aromatic carbocycles. The van der Waals surface area contributed by atoms with Crippen LogP contribution in [-0.2, 0) is 6.54 Å². The predicted octanol–water partition coefficient (Wildman–Crippen LogP) is 3.09. The Hall–Kier alpha value is -2.53. The SMILES string of the molecule is Cc1ccc(C(=O)O)c(N2Cc3c(Cl)ccc(N)c3C2=O)c1. The zero-order valence-electron chi connectivity index (χ0n) is 11.8. The lowest BCUT2D eigenvalue weighted by molar-refractivity contribution is 0.0697. The molecule has 1 aliphatic rings. The van der Waals surface area contributed by atoms with Crippen LogP contribution in [0.5, 0.6) is 0 Å². The lowest BCUT2D eigenvalue weighted by atomic mass is 10.1. The van der Waals surface area contributed by atoms with Crippen molar-refractivity contribution in [1.82, 2.24) is 0 Å². The van der Waals surface area contributed by atoms with Crippen molar-refractivity contribution in [1.29, 1.82) is 0 Å². The fourth-order valence-corrected chi connectivity index (χ4v) is 2.87. The highest BCUT2D eigenvalue weighted by Gasteiger charge is 2.34. The number of amides is 1. The second-order valence-electron chi connectivity index (χ2n) is 5.21. The van der Waals surface area contributed by atoms with Crippen molar-refractivity contribution in [3.8, 4) is 0 Å². The molecule has 6 heteroatoms. The quantitative estimate of drug-likeness (QED) is 0.834. The molecule has 0 unspecified atom stereocenters. The molecule has 5 nitrogen and oxygen atoms in total. The minimum absolute atomic E-state index is 0.0708. The molecule has 112 valence electrons. The summed E-state index contributed by atoms with van der Waals surface area (Å²) in [5.74, 6) is -1.42. The number of nitrogen functional groups attached to an aromatic ring is 1. The van der Waals surface area contributed by atoms with Crippen LogP contribution in [-0.4, -0.2) is 17.0 Å². The van der Waals surface area contributed by atoms with Gasteiger partial charge in [0.2, 0.25) is 0 Å². The molecule has 2 aromatic rings. The number of anilines is 2. The highest BCUT2D eigenvalue weighted by molar-refractivity contribution is 6.33. The van der Waals surface area contributed by atoms with Crippen LogP contribution in [0.1, 0.15) is 31.8 Å². The monoisotopic (exact) mass is 316 g/mol. The van der Waals surface area contributed by atoms with Crippen molar-refractivity contribution >= 4 is 34.9 Å². The Labute approximate surface area is 131 Å². The fraction of sp³-hybridized carbons (Fsp3) is 0.125. The molecule has 0 saturated carbocycles. The Morgan fingerprint density at radius 1 is 1.32 bits per heavy atom. The van der Waals surface area contributed by atoms with E-state index < -0.39 is 5.97 Å². The van der Waals surface area contributed by atoms with E-state index >= 15 is 0 Å². The molecule has 0 bridgehead atoms. The number of carboxylic acid groups (broad SMARTS) is 1. The van der Waals surface area contributed by atoms with E-state index in [0.717, 1.165) is 5.56 Å². The molecule has 0 spiro atoms. The Kier molecular flexibility index (Phi) is 3.30. The van der Waals surface area contributed by atoms with Gasteiger partial charge in [0.15, 0.2) is 0 Å². The molecular weight excluding hydrogens is 304 g/mol. The number of nitrogens with two attached hydrogens (primary N) is 1. The first kappa shape index (κ1) is 14.4.